The molecule has 0 aliphatic heterocycles. The van der Waals surface area contributed by atoms with Gasteiger partial charge in [-0.3, -0.25) is 0 Å². The van der Waals surface area contributed by atoms with Gasteiger partial charge in [-0.05, 0) is 6.07 Å². The molecule has 3 aromatic rings. The molecule has 20 heavy (non-hydrogen) atoms. The van der Waals surface area contributed by atoms with Crippen LogP contribution in [0.5, 0.6) is 0 Å². The smallest absolute Gasteiger partial charge is 0.342 e. The molecule has 0 bridgehead atoms. The summed E-state index contributed by atoms with van der Waals surface area (Å²) in [6.07, 6.45) is 1.01. The number of furan rings is 1. The maximum Gasteiger partial charge on any atom is 0.342 e. The summed E-state index contributed by atoms with van der Waals surface area (Å²) in [7, 11) is 0. The van der Waals surface area contributed by atoms with Crippen LogP contribution in [0.3, 0.4) is 0 Å². The van der Waals surface area contributed by atoms with Crippen molar-refractivity contribution in [1.82, 2.24) is 20.6 Å². The molecule has 0 saturated carbocycles. The number of aromatic amines is 1. The minimum Gasteiger partial charge on any atom is -0.460 e. The van der Waals surface area contributed by atoms with E-state index < -0.39 is 17.6 Å². The Bertz CT molecular complexity index is 769. The lowest BCUT2D eigenvalue weighted by atomic mass is 10.1. The van der Waals surface area contributed by atoms with Crippen LogP contribution in [0.1, 0.15) is 16.2 Å². The van der Waals surface area contributed by atoms with Gasteiger partial charge in [0, 0.05) is 11.5 Å². The Balaban J connectivity index is 1.88. The number of ether oxygens (including phenoxy) is 1. The molecule has 0 fully saturated rings. The van der Waals surface area contributed by atoms with Crippen LogP contribution >= 0.6 is 0 Å². The largest absolute Gasteiger partial charge is 0.460 e. The molecule has 2 heterocycles. The normalized spacial score (nSPS) is 10.9. The van der Waals surface area contributed by atoms with E-state index in [0.29, 0.717) is 6.07 Å². The van der Waals surface area contributed by atoms with Crippen LogP contribution in [0.2, 0.25) is 0 Å². The quantitative estimate of drug-likeness (QED) is 0.732. The molecule has 102 valence electrons. The van der Waals surface area contributed by atoms with E-state index in [1.165, 1.54) is 0 Å². The van der Waals surface area contributed by atoms with E-state index in [-0.39, 0.29) is 29.0 Å². The van der Waals surface area contributed by atoms with Gasteiger partial charge in [-0.25, -0.2) is 13.6 Å². The highest BCUT2D eigenvalue weighted by Gasteiger charge is 2.19. The first-order chi connectivity index (χ1) is 9.65. The van der Waals surface area contributed by atoms with Gasteiger partial charge in [0.2, 0.25) is 5.82 Å². The van der Waals surface area contributed by atoms with Crippen LogP contribution in [-0.4, -0.2) is 26.6 Å². The molecule has 0 spiro atoms. The molecular formula is C11H6F2N4O3. The summed E-state index contributed by atoms with van der Waals surface area (Å²) >= 11 is 0. The van der Waals surface area contributed by atoms with Gasteiger partial charge in [-0.1, -0.05) is 5.21 Å². The SMILES string of the molecule is O=C(OCc1nn[nH]n1)c1coc2c(F)cc(F)cc12. The maximum atomic E-state index is 13.4. The molecule has 0 saturated heterocycles. The van der Waals surface area contributed by atoms with E-state index in [4.69, 9.17) is 9.15 Å². The van der Waals surface area contributed by atoms with Gasteiger partial charge in [0.05, 0.1) is 0 Å². The van der Waals surface area contributed by atoms with E-state index in [1.54, 1.807) is 0 Å². The minimum absolute atomic E-state index is 0.000567. The average Bonchev–Trinajstić information content (AvgIpc) is 3.04. The molecule has 0 aliphatic rings. The third kappa shape index (κ3) is 2.09. The Labute approximate surface area is 109 Å². The number of tetrazole rings is 1. The number of hydrogen-bond acceptors (Lipinski definition) is 6. The first kappa shape index (κ1) is 12.2. The Kier molecular flexibility index (Phi) is 2.86. The van der Waals surface area contributed by atoms with Crippen molar-refractivity contribution in [3.05, 3.63) is 41.4 Å². The van der Waals surface area contributed by atoms with Gasteiger partial charge in [0.15, 0.2) is 18.0 Å². The fourth-order valence-corrected chi connectivity index (χ4v) is 1.67. The highest BCUT2D eigenvalue weighted by atomic mass is 19.1. The van der Waals surface area contributed by atoms with Crippen molar-refractivity contribution < 1.29 is 22.7 Å². The predicted octanol–water partition coefficient (Wildman–Crippen LogP) is 1.58. The van der Waals surface area contributed by atoms with Crippen LogP contribution < -0.4 is 0 Å². The summed E-state index contributed by atoms with van der Waals surface area (Å²) in [5, 5.41) is 12.7. The van der Waals surface area contributed by atoms with Crippen molar-refractivity contribution in [3.63, 3.8) is 0 Å². The minimum atomic E-state index is -0.891. The van der Waals surface area contributed by atoms with Crippen LogP contribution in [0.25, 0.3) is 11.0 Å². The summed E-state index contributed by atoms with van der Waals surface area (Å²) in [6, 6.07) is 1.66. The maximum absolute atomic E-state index is 13.4. The summed E-state index contributed by atoms with van der Waals surface area (Å²) in [5.74, 6) is -2.34. The highest BCUT2D eigenvalue weighted by molar-refractivity contribution is 6.03. The zero-order valence-corrected chi connectivity index (χ0v) is 9.76. The summed E-state index contributed by atoms with van der Waals surface area (Å²) in [5.41, 5.74) is -0.292. The number of carbonyl (C=O) groups excluding carboxylic acids is 1. The number of fused-ring (bicyclic) bond motifs is 1. The molecule has 0 atom stereocenters. The fraction of sp³-hybridized carbons (Fsp3) is 0.0909. The van der Waals surface area contributed by atoms with Gasteiger partial charge >= 0.3 is 5.97 Å². The number of H-pyrrole nitrogens is 1. The Hall–Kier alpha value is -2.84. The van der Waals surface area contributed by atoms with Crippen LogP contribution in [0.15, 0.2) is 22.8 Å². The van der Waals surface area contributed by atoms with Crippen molar-refractivity contribution in [2.24, 2.45) is 0 Å². The molecule has 9 heteroatoms. The summed E-state index contributed by atoms with van der Waals surface area (Å²) in [4.78, 5) is 11.8. The van der Waals surface area contributed by atoms with Gasteiger partial charge in [0.1, 0.15) is 17.6 Å². The van der Waals surface area contributed by atoms with Crippen molar-refractivity contribution in [2.45, 2.75) is 6.61 Å². The van der Waals surface area contributed by atoms with Crippen molar-refractivity contribution >= 4 is 16.9 Å². The predicted molar refractivity (Wildman–Crippen MR) is 59.4 cm³/mol. The number of rotatable bonds is 3. The lowest BCUT2D eigenvalue weighted by Crippen LogP contribution is -2.05. The standard InChI is InChI=1S/C11H6F2N4O3/c12-5-1-6-7(3-19-10(6)8(13)2-5)11(18)20-4-9-14-16-17-15-9/h1-3H,4H2,(H,14,15,16,17). The number of esters is 1. The number of aromatic nitrogens is 4. The molecule has 0 unspecified atom stereocenters. The van der Waals surface area contributed by atoms with E-state index in [9.17, 15) is 13.6 Å². The molecule has 3 rings (SSSR count). The number of carbonyl (C=O) groups is 1. The molecule has 7 nitrogen and oxygen atoms in total. The number of hydrogen-bond donors (Lipinski definition) is 1. The number of benzene rings is 1. The Morgan fingerprint density at radius 2 is 2.25 bits per heavy atom. The fourth-order valence-electron chi connectivity index (χ4n) is 1.67. The van der Waals surface area contributed by atoms with E-state index in [0.717, 1.165) is 12.3 Å². The monoisotopic (exact) mass is 280 g/mol. The third-order valence-electron chi connectivity index (χ3n) is 2.53. The zero-order chi connectivity index (χ0) is 14.1. The van der Waals surface area contributed by atoms with E-state index in [2.05, 4.69) is 20.6 Å². The van der Waals surface area contributed by atoms with Gasteiger partial charge in [-0.15, -0.1) is 10.2 Å². The second kappa shape index (κ2) is 4.68. The van der Waals surface area contributed by atoms with Gasteiger partial charge in [-0.2, -0.15) is 5.21 Å². The van der Waals surface area contributed by atoms with Crippen molar-refractivity contribution in [2.75, 3.05) is 0 Å². The van der Waals surface area contributed by atoms with E-state index >= 15 is 0 Å². The molecule has 0 amide bonds. The molecule has 0 aliphatic carbocycles. The number of halogens is 2. The zero-order valence-electron chi connectivity index (χ0n) is 9.76. The first-order valence-electron chi connectivity index (χ1n) is 5.41. The molecule has 1 aromatic carbocycles. The summed E-state index contributed by atoms with van der Waals surface area (Å²) in [6.45, 7) is -0.222. The first-order valence-corrected chi connectivity index (χ1v) is 5.41. The average molecular weight is 280 g/mol. The topological polar surface area (TPSA) is 93.9 Å². The number of nitrogens with zero attached hydrogens (tertiary/aromatic N) is 3. The second-order valence-electron chi connectivity index (χ2n) is 3.82. The van der Waals surface area contributed by atoms with Gasteiger partial charge in [0.25, 0.3) is 0 Å². The lowest BCUT2D eigenvalue weighted by Gasteiger charge is -2.00. The molecule has 1 N–H and O–H groups in total. The lowest BCUT2D eigenvalue weighted by molar-refractivity contribution is 0.0463. The summed E-state index contributed by atoms with van der Waals surface area (Å²) < 4.78 is 36.4. The van der Waals surface area contributed by atoms with Crippen molar-refractivity contribution in [1.29, 1.82) is 0 Å². The van der Waals surface area contributed by atoms with Crippen LogP contribution in [0, 0.1) is 11.6 Å². The molecule has 2 aromatic heterocycles. The van der Waals surface area contributed by atoms with Gasteiger partial charge < -0.3 is 9.15 Å². The molecule has 0 radical (unpaired) electrons. The second-order valence-corrected chi connectivity index (χ2v) is 3.82. The highest BCUT2D eigenvalue weighted by Crippen LogP contribution is 2.25. The van der Waals surface area contributed by atoms with Crippen LogP contribution in [0.4, 0.5) is 8.78 Å². The van der Waals surface area contributed by atoms with Crippen LogP contribution in [-0.2, 0) is 11.3 Å². The van der Waals surface area contributed by atoms with Crippen molar-refractivity contribution in [3.8, 4) is 0 Å². The number of nitrogens with one attached hydrogen (secondary N) is 1. The molecular weight excluding hydrogens is 274 g/mol. The Morgan fingerprint density at radius 1 is 1.40 bits per heavy atom. The van der Waals surface area contributed by atoms with E-state index in [1.807, 2.05) is 0 Å². The third-order valence-corrected chi connectivity index (χ3v) is 2.53. The Morgan fingerprint density at radius 3 is 3.00 bits per heavy atom.